The molecule has 0 aromatic heterocycles. The maximum atomic E-state index is 10.2. The molecule has 0 bridgehead atoms. The monoisotopic (exact) mass is 181 g/mol. The van der Waals surface area contributed by atoms with E-state index in [1.807, 2.05) is 0 Å². The highest BCUT2D eigenvalue weighted by Crippen LogP contribution is 2.09. The molecule has 13 heavy (non-hydrogen) atoms. The second kappa shape index (κ2) is 4.47. The number of benzene rings is 1. The first-order valence-corrected chi connectivity index (χ1v) is 3.92. The van der Waals surface area contributed by atoms with Gasteiger partial charge in [-0.2, -0.15) is 0 Å². The van der Waals surface area contributed by atoms with Crippen molar-refractivity contribution in [3.63, 3.8) is 0 Å². The molecule has 4 heteroatoms. The highest BCUT2D eigenvalue weighted by Gasteiger charge is 1.97. The van der Waals surface area contributed by atoms with Gasteiger partial charge < -0.3 is 10.2 Å². The summed E-state index contributed by atoms with van der Waals surface area (Å²) >= 11 is 0. The average Bonchev–Trinajstić information content (AvgIpc) is 2.08. The molecule has 1 rings (SSSR count). The molecule has 1 aromatic rings. The normalized spacial score (nSPS) is 9.62. The van der Waals surface area contributed by atoms with E-state index in [2.05, 4.69) is 5.32 Å². The van der Waals surface area contributed by atoms with Crippen molar-refractivity contribution in [1.29, 1.82) is 0 Å². The van der Waals surface area contributed by atoms with Crippen molar-refractivity contribution in [2.45, 2.75) is 6.42 Å². The molecule has 4 nitrogen and oxygen atoms in total. The lowest BCUT2D eigenvalue weighted by molar-refractivity contribution is 0.209. The summed E-state index contributed by atoms with van der Waals surface area (Å²) in [5, 5.41) is 19.2. The van der Waals surface area contributed by atoms with Gasteiger partial charge in [0, 0.05) is 12.3 Å². The lowest BCUT2D eigenvalue weighted by Gasteiger charge is -2.01. The zero-order chi connectivity index (χ0) is 9.68. The molecule has 0 saturated heterocycles. The Hall–Kier alpha value is -1.55. The molecule has 0 fully saturated rings. The molecule has 1 amide bonds. The minimum atomic E-state index is -1.07. The van der Waals surface area contributed by atoms with Gasteiger partial charge in [0.1, 0.15) is 0 Å². The Morgan fingerprint density at radius 2 is 1.92 bits per heavy atom. The Morgan fingerprint density at radius 3 is 2.38 bits per heavy atom. The van der Waals surface area contributed by atoms with E-state index < -0.39 is 6.09 Å². The molecule has 1 aromatic carbocycles. The Labute approximate surface area is 75.8 Å². The smallest absolute Gasteiger partial charge is 0.409 e. The van der Waals surface area contributed by atoms with Crippen LogP contribution in [-0.4, -0.2) is 22.9 Å². The third-order valence-corrected chi connectivity index (χ3v) is 1.61. The van der Waals surface area contributed by atoms with Crippen LogP contribution in [0.2, 0.25) is 0 Å². The number of rotatable bonds is 3. The van der Waals surface area contributed by atoms with Crippen LogP contribution in [0.15, 0.2) is 24.3 Å². The highest BCUT2D eigenvalue weighted by molar-refractivity contribution is 5.82. The average molecular weight is 181 g/mol. The Kier molecular flexibility index (Phi) is 3.28. The molecule has 0 aliphatic carbocycles. The topological polar surface area (TPSA) is 69.6 Å². The first-order valence-electron chi connectivity index (χ1n) is 3.92. The summed E-state index contributed by atoms with van der Waals surface area (Å²) in [6.45, 7) is 0.103. The van der Waals surface area contributed by atoms with Crippen molar-refractivity contribution in [2.75, 3.05) is 11.9 Å². The van der Waals surface area contributed by atoms with Crippen molar-refractivity contribution < 1.29 is 15.0 Å². The number of nitrogens with one attached hydrogen (secondary N) is 1. The van der Waals surface area contributed by atoms with E-state index >= 15 is 0 Å². The van der Waals surface area contributed by atoms with Crippen LogP contribution >= 0.6 is 0 Å². The van der Waals surface area contributed by atoms with Gasteiger partial charge in [-0.15, -0.1) is 0 Å². The van der Waals surface area contributed by atoms with Gasteiger partial charge in [0.2, 0.25) is 0 Å². The van der Waals surface area contributed by atoms with Crippen molar-refractivity contribution in [3.05, 3.63) is 29.8 Å². The number of aliphatic hydroxyl groups excluding tert-OH is 1. The van der Waals surface area contributed by atoms with Crippen molar-refractivity contribution in [3.8, 4) is 0 Å². The third kappa shape index (κ3) is 3.13. The van der Waals surface area contributed by atoms with Crippen LogP contribution in [0.3, 0.4) is 0 Å². The molecular weight excluding hydrogens is 170 g/mol. The summed E-state index contributed by atoms with van der Waals surface area (Å²) in [5.74, 6) is 0. The highest BCUT2D eigenvalue weighted by atomic mass is 16.4. The number of carbonyl (C=O) groups is 1. The molecule has 0 aliphatic rings. The van der Waals surface area contributed by atoms with Gasteiger partial charge in [-0.1, -0.05) is 12.1 Å². The first-order chi connectivity index (χ1) is 6.22. The van der Waals surface area contributed by atoms with Crippen LogP contribution in [0.1, 0.15) is 5.56 Å². The largest absolute Gasteiger partial charge is 0.465 e. The fourth-order valence-corrected chi connectivity index (χ4v) is 1.01. The summed E-state index contributed by atoms with van der Waals surface area (Å²) in [4.78, 5) is 10.2. The van der Waals surface area contributed by atoms with E-state index in [0.717, 1.165) is 5.56 Å². The number of aliphatic hydroxyl groups is 1. The van der Waals surface area contributed by atoms with Crippen LogP contribution in [-0.2, 0) is 6.42 Å². The Balaban J connectivity index is 2.64. The van der Waals surface area contributed by atoms with Crippen LogP contribution in [0.25, 0.3) is 0 Å². The second-order valence-corrected chi connectivity index (χ2v) is 2.60. The van der Waals surface area contributed by atoms with E-state index in [0.29, 0.717) is 12.1 Å². The Morgan fingerprint density at radius 1 is 1.31 bits per heavy atom. The molecule has 70 valence electrons. The Bertz CT molecular complexity index is 281. The molecule has 0 spiro atoms. The summed E-state index contributed by atoms with van der Waals surface area (Å²) in [7, 11) is 0. The standard InChI is InChI=1S/C9H11NO3/c11-6-5-7-1-3-8(4-2-7)10-9(12)13/h1-4,10-11H,5-6H2,(H,12,13). The summed E-state index contributed by atoms with van der Waals surface area (Å²) < 4.78 is 0. The maximum absolute atomic E-state index is 10.2. The van der Waals surface area contributed by atoms with Crippen LogP contribution in [0, 0.1) is 0 Å². The van der Waals surface area contributed by atoms with Crippen molar-refractivity contribution in [2.24, 2.45) is 0 Å². The second-order valence-electron chi connectivity index (χ2n) is 2.60. The van der Waals surface area contributed by atoms with Crippen LogP contribution in [0.4, 0.5) is 10.5 Å². The minimum Gasteiger partial charge on any atom is -0.465 e. The van der Waals surface area contributed by atoms with Gasteiger partial charge >= 0.3 is 6.09 Å². The van der Waals surface area contributed by atoms with E-state index in [9.17, 15) is 4.79 Å². The number of anilines is 1. The number of amides is 1. The SMILES string of the molecule is O=C(O)Nc1ccc(CCO)cc1. The summed E-state index contributed by atoms with van der Waals surface area (Å²) in [6.07, 6.45) is -0.484. The van der Waals surface area contributed by atoms with Gasteiger partial charge in [0.15, 0.2) is 0 Å². The van der Waals surface area contributed by atoms with E-state index in [1.54, 1.807) is 24.3 Å². The molecule has 0 aliphatic heterocycles. The van der Waals surface area contributed by atoms with Gasteiger partial charge in [-0.05, 0) is 24.1 Å². The zero-order valence-electron chi connectivity index (χ0n) is 7.03. The summed E-state index contributed by atoms with van der Waals surface area (Å²) in [5.41, 5.74) is 1.52. The fourth-order valence-electron chi connectivity index (χ4n) is 1.01. The number of carboxylic acid groups (broad SMARTS) is 1. The van der Waals surface area contributed by atoms with Crippen LogP contribution in [0.5, 0.6) is 0 Å². The predicted molar refractivity (Wildman–Crippen MR) is 48.9 cm³/mol. The first kappa shape index (κ1) is 9.54. The van der Waals surface area contributed by atoms with Gasteiger partial charge in [-0.3, -0.25) is 5.32 Å². The quantitative estimate of drug-likeness (QED) is 0.658. The lowest BCUT2D eigenvalue weighted by Crippen LogP contribution is -2.06. The molecular formula is C9H11NO3. The maximum Gasteiger partial charge on any atom is 0.409 e. The van der Waals surface area contributed by atoms with Crippen molar-refractivity contribution in [1.82, 2.24) is 0 Å². The van der Waals surface area contributed by atoms with E-state index in [1.165, 1.54) is 0 Å². The van der Waals surface area contributed by atoms with E-state index in [4.69, 9.17) is 10.2 Å². The van der Waals surface area contributed by atoms with Gasteiger partial charge in [-0.25, -0.2) is 4.79 Å². The molecule has 0 radical (unpaired) electrons. The van der Waals surface area contributed by atoms with Gasteiger partial charge in [0.05, 0.1) is 0 Å². The molecule has 0 heterocycles. The fraction of sp³-hybridized carbons (Fsp3) is 0.222. The van der Waals surface area contributed by atoms with E-state index in [-0.39, 0.29) is 6.61 Å². The zero-order valence-corrected chi connectivity index (χ0v) is 7.03. The van der Waals surface area contributed by atoms with Crippen LogP contribution < -0.4 is 5.32 Å². The third-order valence-electron chi connectivity index (χ3n) is 1.61. The summed E-state index contributed by atoms with van der Waals surface area (Å²) in [6, 6.07) is 6.89. The predicted octanol–water partition coefficient (Wildman–Crippen LogP) is 1.31. The lowest BCUT2D eigenvalue weighted by atomic mass is 10.1. The molecule has 3 N–H and O–H groups in total. The number of hydrogen-bond donors (Lipinski definition) is 3. The molecule has 0 unspecified atom stereocenters. The number of hydrogen-bond acceptors (Lipinski definition) is 2. The molecule has 0 saturated carbocycles. The van der Waals surface area contributed by atoms with Gasteiger partial charge in [0.25, 0.3) is 0 Å². The van der Waals surface area contributed by atoms with Crippen molar-refractivity contribution >= 4 is 11.8 Å². The minimum absolute atomic E-state index is 0.103. The molecule has 0 atom stereocenters.